The summed E-state index contributed by atoms with van der Waals surface area (Å²) < 4.78 is 67.0. The number of amides is 1. The van der Waals surface area contributed by atoms with E-state index in [-0.39, 0.29) is 29.3 Å². The van der Waals surface area contributed by atoms with Crippen molar-refractivity contribution in [1.82, 2.24) is 19.9 Å². The molecule has 4 aromatic rings. The van der Waals surface area contributed by atoms with Gasteiger partial charge >= 0.3 is 6.18 Å². The van der Waals surface area contributed by atoms with E-state index in [1.807, 2.05) is 0 Å². The summed E-state index contributed by atoms with van der Waals surface area (Å²) in [6.07, 6.45) is -3.56. The highest BCUT2D eigenvalue weighted by atomic mass is 35.5. The average molecular weight is 569 g/mol. The molecule has 1 atom stereocenters. The second-order valence-electron chi connectivity index (χ2n) is 8.54. The SMILES string of the molecule is O=C(NC1CCS(=O)(=O)C1)c1c(C(F)(F)F)nn2c(-c3ccc(Cl)cc3)c(-c3ccccc3Cl)cnc12. The molecule has 1 unspecified atom stereocenters. The van der Waals surface area contributed by atoms with Gasteiger partial charge in [0.25, 0.3) is 5.91 Å². The lowest BCUT2D eigenvalue weighted by Gasteiger charge is -2.14. The molecule has 13 heteroatoms. The number of fused-ring (bicyclic) bond motifs is 1. The molecule has 1 fully saturated rings. The van der Waals surface area contributed by atoms with Crippen molar-refractivity contribution in [2.75, 3.05) is 11.5 Å². The molecule has 37 heavy (non-hydrogen) atoms. The van der Waals surface area contributed by atoms with Crippen LogP contribution in [0.5, 0.6) is 0 Å². The van der Waals surface area contributed by atoms with E-state index < -0.39 is 39.2 Å². The summed E-state index contributed by atoms with van der Waals surface area (Å²) in [6.45, 7) is 0. The Morgan fingerprint density at radius 2 is 1.76 bits per heavy atom. The maximum atomic E-state index is 14.1. The Hall–Kier alpha value is -3.15. The Balaban J connectivity index is 1.76. The molecule has 1 N–H and O–H groups in total. The standard InChI is InChI=1S/C24H17Cl2F3N4O3S/c25-14-7-5-13(6-8-14)20-17(16-3-1-2-4-18(16)26)11-30-22-19(21(24(27,28)29)32-33(20)22)23(34)31-15-9-10-37(35,36)12-15/h1-8,11,15H,9-10,12H2,(H,31,34). The molecule has 0 radical (unpaired) electrons. The lowest BCUT2D eigenvalue weighted by atomic mass is 10.0. The molecule has 1 amide bonds. The zero-order valence-corrected chi connectivity index (χ0v) is 21.1. The molecule has 1 aliphatic rings. The van der Waals surface area contributed by atoms with Gasteiger partial charge in [0.05, 0.1) is 17.2 Å². The molecule has 5 rings (SSSR count). The first kappa shape index (κ1) is 25.5. The molecule has 2 aromatic heterocycles. The number of halogens is 5. The van der Waals surface area contributed by atoms with Crippen LogP contribution in [-0.4, -0.2) is 46.5 Å². The van der Waals surface area contributed by atoms with Crippen LogP contribution in [0.25, 0.3) is 28.0 Å². The third kappa shape index (κ3) is 4.90. The Bertz CT molecular complexity index is 1640. The summed E-state index contributed by atoms with van der Waals surface area (Å²) in [6, 6.07) is 12.3. The predicted octanol–water partition coefficient (Wildman–Crippen LogP) is 5.31. The van der Waals surface area contributed by atoms with Crippen LogP contribution in [0, 0.1) is 0 Å². The Kier molecular flexibility index (Phi) is 6.41. The summed E-state index contributed by atoms with van der Waals surface area (Å²) in [5.41, 5.74) is -1.03. The maximum Gasteiger partial charge on any atom is 0.436 e. The highest BCUT2D eigenvalue weighted by Gasteiger charge is 2.42. The quantitative estimate of drug-likeness (QED) is 0.360. The van der Waals surface area contributed by atoms with Gasteiger partial charge in [0.15, 0.2) is 21.2 Å². The summed E-state index contributed by atoms with van der Waals surface area (Å²) >= 11 is 12.4. The van der Waals surface area contributed by atoms with Crippen molar-refractivity contribution >= 4 is 44.6 Å². The smallest absolute Gasteiger partial charge is 0.348 e. The van der Waals surface area contributed by atoms with Crippen LogP contribution in [-0.2, 0) is 16.0 Å². The first-order valence-electron chi connectivity index (χ1n) is 11.0. The van der Waals surface area contributed by atoms with Gasteiger partial charge in [-0.25, -0.2) is 17.9 Å². The van der Waals surface area contributed by atoms with Crippen molar-refractivity contribution in [2.45, 2.75) is 18.6 Å². The van der Waals surface area contributed by atoms with Crippen molar-refractivity contribution in [2.24, 2.45) is 0 Å². The molecular weight excluding hydrogens is 552 g/mol. The molecule has 0 aliphatic carbocycles. The Morgan fingerprint density at radius 3 is 2.38 bits per heavy atom. The molecule has 7 nitrogen and oxygen atoms in total. The number of nitrogens with zero attached hydrogens (tertiary/aromatic N) is 3. The number of hydrogen-bond acceptors (Lipinski definition) is 5. The molecule has 0 bridgehead atoms. The molecule has 1 saturated heterocycles. The van der Waals surface area contributed by atoms with Gasteiger partial charge in [0, 0.05) is 39.0 Å². The van der Waals surface area contributed by atoms with E-state index in [0.29, 0.717) is 26.7 Å². The monoisotopic (exact) mass is 568 g/mol. The van der Waals surface area contributed by atoms with Crippen LogP contribution in [0.2, 0.25) is 10.0 Å². The summed E-state index contributed by atoms with van der Waals surface area (Å²) in [4.78, 5) is 17.3. The molecule has 192 valence electrons. The number of benzene rings is 2. The van der Waals surface area contributed by atoms with Gasteiger partial charge < -0.3 is 5.32 Å². The number of rotatable bonds is 4. The van der Waals surface area contributed by atoms with E-state index in [9.17, 15) is 26.4 Å². The van der Waals surface area contributed by atoms with E-state index in [4.69, 9.17) is 23.2 Å². The van der Waals surface area contributed by atoms with Crippen LogP contribution in [0.3, 0.4) is 0 Å². The second kappa shape index (κ2) is 9.30. The number of sulfone groups is 1. The molecule has 3 heterocycles. The fourth-order valence-electron chi connectivity index (χ4n) is 4.32. The molecule has 1 aliphatic heterocycles. The fourth-order valence-corrected chi connectivity index (χ4v) is 6.36. The van der Waals surface area contributed by atoms with Gasteiger partial charge in [-0.15, -0.1) is 0 Å². The first-order valence-corrected chi connectivity index (χ1v) is 13.5. The minimum Gasteiger partial charge on any atom is -0.348 e. The van der Waals surface area contributed by atoms with Crippen LogP contribution < -0.4 is 5.32 Å². The molecule has 2 aromatic carbocycles. The van der Waals surface area contributed by atoms with Gasteiger partial charge in [-0.1, -0.05) is 53.5 Å². The van der Waals surface area contributed by atoms with E-state index in [1.165, 1.54) is 6.20 Å². The number of alkyl halides is 3. The van der Waals surface area contributed by atoms with Crippen molar-refractivity contribution in [3.8, 4) is 22.4 Å². The van der Waals surface area contributed by atoms with Gasteiger partial charge in [0.2, 0.25) is 0 Å². The Morgan fingerprint density at radius 1 is 1.05 bits per heavy atom. The Labute approximate surface area is 219 Å². The molecule has 0 spiro atoms. The number of carbonyl (C=O) groups excluding carboxylic acids is 1. The normalized spacial score (nSPS) is 17.3. The maximum absolute atomic E-state index is 14.1. The lowest BCUT2D eigenvalue weighted by Crippen LogP contribution is -2.36. The third-order valence-electron chi connectivity index (χ3n) is 5.99. The summed E-state index contributed by atoms with van der Waals surface area (Å²) in [5.74, 6) is -1.61. The second-order valence-corrected chi connectivity index (χ2v) is 11.6. The van der Waals surface area contributed by atoms with Crippen molar-refractivity contribution < 1.29 is 26.4 Å². The molecule has 0 saturated carbocycles. The van der Waals surface area contributed by atoms with Gasteiger partial charge in [-0.2, -0.15) is 18.3 Å². The van der Waals surface area contributed by atoms with E-state index in [0.717, 1.165) is 4.52 Å². The van der Waals surface area contributed by atoms with Crippen molar-refractivity contribution in [1.29, 1.82) is 0 Å². The highest BCUT2D eigenvalue weighted by Crippen LogP contribution is 2.39. The average Bonchev–Trinajstić information content (AvgIpc) is 3.39. The van der Waals surface area contributed by atoms with Gasteiger partial charge in [-0.3, -0.25) is 4.79 Å². The predicted molar refractivity (Wildman–Crippen MR) is 133 cm³/mol. The minimum absolute atomic E-state index is 0.106. The number of aromatic nitrogens is 3. The van der Waals surface area contributed by atoms with Crippen molar-refractivity contribution in [3.63, 3.8) is 0 Å². The van der Waals surface area contributed by atoms with E-state index >= 15 is 0 Å². The summed E-state index contributed by atoms with van der Waals surface area (Å²) in [7, 11) is -3.37. The van der Waals surface area contributed by atoms with E-state index in [1.54, 1.807) is 48.5 Å². The number of nitrogens with one attached hydrogen (secondary N) is 1. The third-order valence-corrected chi connectivity index (χ3v) is 8.34. The summed E-state index contributed by atoms with van der Waals surface area (Å²) in [5, 5.41) is 6.96. The molecular formula is C24H17Cl2F3N4O3S. The first-order chi connectivity index (χ1) is 17.4. The lowest BCUT2D eigenvalue weighted by molar-refractivity contribution is -0.141. The minimum atomic E-state index is -5.00. The van der Waals surface area contributed by atoms with Gasteiger partial charge in [0.1, 0.15) is 5.56 Å². The van der Waals surface area contributed by atoms with Crippen LogP contribution in [0.15, 0.2) is 54.7 Å². The van der Waals surface area contributed by atoms with Crippen LogP contribution in [0.4, 0.5) is 13.2 Å². The fraction of sp³-hybridized carbons (Fsp3) is 0.208. The number of carbonyl (C=O) groups is 1. The van der Waals surface area contributed by atoms with E-state index in [2.05, 4.69) is 15.4 Å². The highest BCUT2D eigenvalue weighted by molar-refractivity contribution is 7.91. The van der Waals surface area contributed by atoms with Crippen LogP contribution in [0.1, 0.15) is 22.5 Å². The zero-order valence-electron chi connectivity index (χ0n) is 18.8. The van der Waals surface area contributed by atoms with Crippen molar-refractivity contribution in [3.05, 3.63) is 76.0 Å². The largest absolute Gasteiger partial charge is 0.436 e. The van der Waals surface area contributed by atoms with Crippen LogP contribution >= 0.6 is 23.2 Å². The number of hydrogen-bond donors (Lipinski definition) is 1. The van der Waals surface area contributed by atoms with Gasteiger partial charge in [-0.05, 0) is 24.6 Å². The topological polar surface area (TPSA) is 93.4 Å². The zero-order chi connectivity index (χ0) is 26.5.